The molecule has 1 aromatic heterocycles. The van der Waals surface area contributed by atoms with Gasteiger partial charge in [-0.2, -0.15) is 0 Å². The van der Waals surface area contributed by atoms with E-state index >= 15 is 0 Å². The number of hydrogen-bond acceptors (Lipinski definition) is 3. The predicted octanol–water partition coefficient (Wildman–Crippen LogP) is 2.13. The van der Waals surface area contributed by atoms with E-state index in [-0.39, 0.29) is 0 Å². The van der Waals surface area contributed by atoms with Crippen molar-refractivity contribution in [3.63, 3.8) is 0 Å². The number of hydrogen-bond donors (Lipinski definition) is 1. The van der Waals surface area contributed by atoms with Gasteiger partial charge in [-0.25, -0.2) is 0 Å². The number of nitrogens with zero attached hydrogens (tertiary/aromatic N) is 2. The van der Waals surface area contributed by atoms with Crippen molar-refractivity contribution in [3.05, 3.63) is 24.0 Å². The van der Waals surface area contributed by atoms with Crippen LogP contribution in [0.5, 0.6) is 0 Å². The van der Waals surface area contributed by atoms with E-state index in [2.05, 4.69) is 16.0 Å². The van der Waals surface area contributed by atoms with Gasteiger partial charge in [-0.15, -0.1) is 0 Å². The van der Waals surface area contributed by atoms with Crippen LogP contribution < -0.4 is 4.90 Å². The van der Waals surface area contributed by atoms with Crippen LogP contribution in [0.25, 0.3) is 0 Å². The van der Waals surface area contributed by atoms with Crippen molar-refractivity contribution in [2.75, 3.05) is 18.0 Å². The topological polar surface area (TPSA) is 36.4 Å². The molecule has 0 saturated carbocycles. The Morgan fingerprint density at radius 1 is 1.27 bits per heavy atom. The van der Waals surface area contributed by atoms with E-state index in [1.54, 1.807) is 6.92 Å². The van der Waals surface area contributed by atoms with Gasteiger partial charge in [0.2, 0.25) is 0 Å². The molecule has 0 bridgehead atoms. The van der Waals surface area contributed by atoms with E-state index in [0.29, 0.717) is 0 Å². The zero-order valence-electron chi connectivity index (χ0n) is 9.19. The van der Waals surface area contributed by atoms with E-state index in [4.69, 9.17) is 0 Å². The van der Waals surface area contributed by atoms with Crippen molar-refractivity contribution < 1.29 is 5.11 Å². The number of aliphatic hydroxyl groups excluding tert-OH is 1. The summed E-state index contributed by atoms with van der Waals surface area (Å²) in [6, 6.07) is 3.97. The zero-order chi connectivity index (χ0) is 10.7. The maximum atomic E-state index is 9.35. The Balaban J connectivity index is 2.08. The fraction of sp³-hybridized carbons (Fsp3) is 0.583. The van der Waals surface area contributed by atoms with Crippen molar-refractivity contribution in [2.24, 2.45) is 0 Å². The molecule has 0 aromatic carbocycles. The van der Waals surface area contributed by atoms with Gasteiger partial charge in [-0.05, 0) is 38.3 Å². The highest BCUT2D eigenvalue weighted by molar-refractivity contribution is 5.44. The highest BCUT2D eigenvalue weighted by atomic mass is 16.3. The summed E-state index contributed by atoms with van der Waals surface area (Å²) in [4.78, 5) is 6.63. The molecule has 0 aliphatic carbocycles. The largest absolute Gasteiger partial charge is 0.387 e. The standard InChI is InChI=1S/C12H18N2O/c1-10(15)12-6-5-11(9-13-12)14-7-3-2-4-8-14/h5-6,9-10,15H,2-4,7-8H2,1H3/t10-/m1/s1. The normalized spacial score (nSPS) is 18.9. The van der Waals surface area contributed by atoms with E-state index in [9.17, 15) is 5.11 Å². The Hall–Kier alpha value is -1.09. The van der Waals surface area contributed by atoms with Gasteiger partial charge in [0, 0.05) is 13.1 Å². The summed E-state index contributed by atoms with van der Waals surface area (Å²) in [6.07, 6.45) is 5.29. The molecule has 1 aromatic rings. The lowest BCUT2D eigenvalue weighted by Gasteiger charge is -2.28. The minimum absolute atomic E-state index is 0.472. The van der Waals surface area contributed by atoms with Crippen LogP contribution in [0.15, 0.2) is 18.3 Å². The maximum Gasteiger partial charge on any atom is 0.0931 e. The quantitative estimate of drug-likeness (QED) is 0.805. The van der Waals surface area contributed by atoms with Gasteiger partial charge in [-0.3, -0.25) is 4.98 Å². The number of aliphatic hydroxyl groups is 1. The molecule has 0 spiro atoms. The van der Waals surface area contributed by atoms with Crippen molar-refractivity contribution in [2.45, 2.75) is 32.3 Å². The Morgan fingerprint density at radius 3 is 2.53 bits per heavy atom. The monoisotopic (exact) mass is 206 g/mol. The first kappa shape index (κ1) is 10.4. The molecule has 2 rings (SSSR count). The van der Waals surface area contributed by atoms with Gasteiger partial charge in [0.1, 0.15) is 0 Å². The molecule has 0 radical (unpaired) electrons. The molecule has 0 unspecified atom stereocenters. The Kier molecular flexibility index (Phi) is 3.21. The summed E-state index contributed by atoms with van der Waals surface area (Å²) in [5.74, 6) is 0. The van der Waals surface area contributed by atoms with Crippen molar-refractivity contribution >= 4 is 5.69 Å². The fourth-order valence-electron chi connectivity index (χ4n) is 1.98. The summed E-state index contributed by atoms with van der Waals surface area (Å²) < 4.78 is 0. The molecule has 1 saturated heterocycles. The lowest BCUT2D eigenvalue weighted by Crippen LogP contribution is -2.29. The van der Waals surface area contributed by atoms with Crippen LogP contribution in [0.3, 0.4) is 0 Å². The van der Waals surface area contributed by atoms with Gasteiger partial charge in [0.15, 0.2) is 0 Å². The molecule has 3 heteroatoms. The van der Waals surface area contributed by atoms with Gasteiger partial charge < -0.3 is 10.0 Å². The average molecular weight is 206 g/mol. The number of piperidine rings is 1. The third-order valence-electron chi connectivity index (χ3n) is 2.92. The Labute approximate surface area is 90.8 Å². The molecule has 1 aliphatic rings. The number of aromatic nitrogens is 1. The summed E-state index contributed by atoms with van der Waals surface area (Å²) in [5.41, 5.74) is 1.93. The first-order valence-electron chi connectivity index (χ1n) is 5.66. The SMILES string of the molecule is C[C@@H](O)c1ccc(N2CCCCC2)cn1. The van der Waals surface area contributed by atoms with Crippen molar-refractivity contribution in [3.8, 4) is 0 Å². The molecule has 1 fully saturated rings. The predicted molar refractivity (Wildman–Crippen MR) is 60.9 cm³/mol. The van der Waals surface area contributed by atoms with Crippen LogP contribution in [0.4, 0.5) is 5.69 Å². The van der Waals surface area contributed by atoms with Crippen molar-refractivity contribution in [1.82, 2.24) is 4.98 Å². The second-order valence-electron chi connectivity index (χ2n) is 4.16. The average Bonchev–Trinajstić information content (AvgIpc) is 2.30. The number of pyridine rings is 1. The second kappa shape index (κ2) is 4.62. The molecule has 0 amide bonds. The van der Waals surface area contributed by atoms with Crippen LogP contribution >= 0.6 is 0 Å². The first-order chi connectivity index (χ1) is 7.27. The van der Waals surface area contributed by atoms with Crippen LogP contribution in [-0.2, 0) is 0 Å². The number of anilines is 1. The number of rotatable bonds is 2. The Morgan fingerprint density at radius 2 is 2.00 bits per heavy atom. The van der Waals surface area contributed by atoms with Crippen LogP contribution in [0, 0.1) is 0 Å². The molecule has 1 atom stereocenters. The van der Waals surface area contributed by atoms with Crippen LogP contribution in [-0.4, -0.2) is 23.2 Å². The van der Waals surface area contributed by atoms with E-state index in [1.165, 1.54) is 24.9 Å². The zero-order valence-corrected chi connectivity index (χ0v) is 9.19. The van der Waals surface area contributed by atoms with Gasteiger partial charge in [0.05, 0.1) is 23.7 Å². The second-order valence-corrected chi connectivity index (χ2v) is 4.16. The minimum atomic E-state index is -0.472. The van der Waals surface area contributed by atoms with E-state index < -0.39 is 6.10 Å². The lowest BCUT2D eigenvalue weighted by atomic mass is 10.1. The minimum Gasteiger partial charge on any atom is -0.387 e. The van der Waals surface area contributed by atoms with Gasteiger partial charge >= 0.3 is 0 Å². The van der Waals surface area contributed by atoms with Crippen molar-refractivity contribution in [1.29, 1.82) is 0 Å². The fourth-order valence-corrected chi connectivity index (χ4v) is 1.98. The van der Waals surface area contributed by atoms with Crippen LogP contribution in [0.1, 0.15) is 38.0 Å². The summed E-state index contributed by atoms with van der Waals surface area (Å²) >= 11 is 0. The molecular weight excluding hydrogens is 188 g/mol. The molecule has 1 N–H and O–H groups in total. The Bertz CT molecular complexity index is 302. The molecule has 2 heterocycles. The van der Waals surface area contributed by atoms with Gasteiger partial charge in [-0.1, -0.05) is 0 Å². The third-order valence-corrected chi connectivity index (χ3v) is 2.92. The summed E-state index contributed by atoms with van der Waals surface area (Å²) in [5, 5.41) is 9.35. The first-order valence-corrected chi connectivity index (χ1v) is 5.66. The molecule has 3 nitrogen and oxygen atoms in total. The highest BCUT2D eigenvalue weighted by Gasteiger charge is 2.11. The highest BCUT2D eigenvalue weighted by Crippen LogP contribution is 2.20. The molecule has 1 aliphatic heterocycles. The maximum absolute atomic E-state index is 9.35. The lowest BCUT2D eigenvalue weighted by molar-refractivity contribution is 0.194. The molecule has 15 heavy (non-hydrogen) atoms. The summed E-state index contributed by atoms with van der Waals surface area (Å²) in [6.45, 7) is 4.01. The van der Waals surface area contributed by atoms with E-state index in [1.807, 2.05) is 12.3 Å². The smallest absolute Gasteiger partial charge is 0.0931 e. The van der Waals surface area contributed by atoms with E-state index in [0.717, 1.165) is 18.8 Å². The molecular formula is C12H18N2O. The summed E-state index contributed by atoms with van der Waals surface area (Å²) in [7, 11) is 0. The molecule has 82 valence electrons. The third kappa shape index (κ3) is 2.48. The van der Waals surface area contributed by atoms with Gasteiger partial charge in [0.25, 0.3) is 0 Å². The van der Waals surface area contributed by atoms with Crippen LogP contribution in [0.2, 0.25) is 0 Å².